The normalized spacial score (nSPS) is 9.90. The Morgan fingerprint density at radius 3 is 2.29 bits per heavy atom. The van der Waals surface area contributed by atoms with Crippen molar-refractivity contribution in [3.05, 3.63) is 23.8 Å². The first-order valence-corrected chi connectivity index (χ1v) is 6.63. The van der Waals surface area contributed by atoms with Crippen LogP contribution in [0.5, 0.6) is 0 Å². The number of nitrogens with two attached hydrogens (primary N) is 1. The molecule has 7 heteroatoms. The van der Waals surface area contributed by atoms with Crippen molar-refractivity contribution in [3.8, 4) is 0 Å². The molecule has 0 atom stereocenters. The first-order chi connectivity index (χ1) is 9.82. The molecule has 21 heavy (non-hydrogen) atoms. The van der Waals surface area contributed by atoms with Crippen molar-refractivity contribution in [2.24, 2.45) is 0 Å². The van der Waals surface area contributed by atoms with Crippen LogP contribution < -0.4 is 16.4 Å². The van der Waals surface area contributed by atoms with Gasteiger partial charge in [-0.1, -0.05) is 0 Å². The molecule has 0 aliphatic rings. The highest BCUT2D eigenvalue weighted by atomic mass is 16.2. The Morgan fingerprint density at radius 1 is 1.10 bits per heavy atom. The van der Waals surface area contributed by atoms with Crippen LogP contribution in [0.15, 0.2) is 18.2 Å². The zero-order valence-electron chi connectivity index (χ0n) is 12.9. The number of urea groups is 1. The summed E-state index contributed by atoms with van der Waals surface area (Å²) in [6.07, 6.45) is 0. The van der Waals surface area contributed by atoms with E-state index in [-0.39, 0.29) is 11.9 Å². The summed E-state index contributed by atoms with van der Waals surface area (Å²) in [5, 5.41) is 5.86. The van der Waals surface area contributed by atoms with E-state index in [4.69, 9.17) is 5.73 Å². The third kappa shape index (κ3) is 4.87. The number of benzene rings is 1. The zero-order valence-corrected chi connectivity index (χ0v) is 12.9. The summed E-state index contributed by atoms with van der Waals surface area (Å²) in [4.78, 5) is 26.1. The van der Waals surface area contributed by atoms with E-state index in [1.54, 1.807) is 46.4 Å². The molecule has 0 aliphatic heterocycles. The van der Waals surface area contributed by atoms with Gasteiger partial charge in [0.05, 0.1) is 11.4 Å². The minimum atomic E-state index is -0.142. The summed E-state index contributed by atoms with van der Waals surface area (Å²) in [7, 11) is 6.75. The second kappa shape index (κ2) is 7.37. The molecule has 0 radical (unpaired) electrons. The number of amides is 3. The molecule has 0 saturated heterocycles. The summed E-state index contributed by atoms with van der Waals surface area (Å²) >= 11 is 0. The predicted molar refractivity (Wildman–Crippen MR) is 84.4 cm³/mol. The summed E-state index contributed by atoms with van der Waals surface area (Å²) in [5.41, 5.74) is 7.71. The first kappa shape index (κ1) is 16.6. The van der Waals surface area contributed by atoms with Crippen molar-refractivity contribution in [2.75, 3.05) is 52.3 Å². The summed E-state index contributed by atoms with van der Waals surface area (Å²) in [6.45, 7) is 1.03. The van der Waals surface area contributed by atoms with Crippen molar-refractivity contribution < 1.29 is 9.59 Å². The van der Waals surface area contributed by atoms with E-state index >= 15 is 0 Å². The molecule has 0 spiro atoms. The largest absolute Gasteiger partial charge is 0.397 e. The number of nitrogen functional groups attached to an aromatic ring is 1. The fraction of sp³-hybridized carbons (Fsp3) is 0.429. The second-order valence-corrected chi connectivity index (χ2v) is 5.05. The molecule has 7 nitrogen and oxygen atoms in total. The van der Waals surface area contributed by atoms with Crippen LogP contribution in [-0.4, -0.2) is 63.0 Å². The van der Waals surface area contributed by atoms with E-state index in [2.05, 4.69) is 10.6 Å². The van der Waals surface area contributed by atoms with Crippen LogP contribution in [0.25, 0.3) is 0 Å². The van der Waals surface area contributed by atoms with Crippen LogP contribution in [0, 0.1) is 0 Å². The van der Waals surface area contributed by atoms with E-state index in [1.807, 2.05) is 0 Å². The van der Waals surface area contributed by atoms with Gasteiger partial charge in [-0.25, -0.2) is 4.79 Å². The lowest BCUT2D eigenvalue weighted by Gasteiger charge is -2.15. The molecule has 3 amide bonds. The minimum absolute atomic E-state index is 0.0912. The molecule has 1 aromatic carbocycles. The molecule has 0 aromatic heterocycles. The van der Waals surface area contributed by atoms with Gasteiger partial charge in [0.1, 0.15) is 0 Å². The smallest absolute Gasteiger partial charge is 0.316 e. The second-order valence-electron chi connectivity index (χ2n) is 5.05. The van der Waals surface area contributed by atoms with Gasteiger partial charge in [0.15, 0.2) is 0 Å². The monoisotopic (exact) mass is 293 g/mol. The Morgan fingerprint density at radius 2 is 1.76 bits per heavy atom. The Hall–Kier alpha value is -2.44. The van der Waals surface area contributed by atoms with Gasteiger partial charge in [-0.15, -0.1) is 0 Å². The quantitative estimate of drug-likeness (QED) is 0.549. The first-order valence-electron chi connectivity index (χ1n) is 6.63. The van der Waals surface area contributed by atoms with Gasteiger partial charge in [0.2, 0.25) is 0 Å². The number of hydrogen-bond acceptors (Lipinski definition) is 4. The number of hydrogen-bond donors (Lipinski definition) is 3. The fourth-order valence-electron chi connectivity index (χ4n) is 1.64. The van der Waals surface area contributed by atoms with Gasteiger partial charge in [-0.3, -0.25) is 4.79 Å². The highest BCUT2D eigenvalue weighted by Gasteiger charge is 2.09. The molecule has 116 valence electrons. The molecular weight excluding hydrogens is 270 g/mol. The maximum atomic E-state index is 11.8. The van der Waals surface area contributed by atoms with Gasteiger partial charge >= 0.3 is 6.03 Å². The highest BCUT2D eigenvalue weighted by molar-refractivity contribution is 5.95. The maximum Gasteiger partial charge on any atom is 0.316 e. The van der Waals surface area contributed by atoms with Gasteiger partial charge in [-0.05, 0) is 18.2 Å². The molecule has 0 heterocycles. The third-order valence-electron chi connectivity index (χ3n) is 2.83. The number of nitrogens with one attached hydrogen (secondary N) is 2. The van der Waals surface area contributed by atoms with E-state index < -0.39 is 0 Å². The molecule has 1 rings (SSSR count). The van der Waals surface area contributed by atoms with Gasteiger partial charge < -0.3 is 26.2 Å². The van der Waals surface area contributed by atoms with Crippen molar-refractivity contribution in [1.82, 2.24) is 15.1 Å². The van der Waals surface area contributed by atoms with Crippen LogP contribution in [0.2, 0.25) is 0 Å². The molecule has 0 saturated carbocycles. The van der Waals surface area contributed by atoms with Gasteiger partial charge in [-0.2, -0.15) is 0 Å². The van der Waals surface area contributed by atoms with Crippen molar-refractivity contribution >= 4 is 23.3 Å². The molecule has 0 bridgehead atoms. The number of carbonyl (C=O) groups excluding carboxylic acids is 2. The lowest BCUT2D eigenvalue weighted by atomic mass is 10.1. The van der Waals surface area contributed by atoms with Gasteiger partial charge in [0, 0.05) is 46.8 Å². The minimum Gasteiger partial charge on any atom is -0.397 e. The molecule has 4 N–H and O–H groups in total. The summed E-state index contributed by atoms with van der Waals surface area (Å²) in [5.74, 6) is -0.0912. The van der Waals surface area contributed by atoms with E-state index in [0.717, 1.165) is 5.69 Å². The number of nitrogens with zero attached hydrogens (tertiary/aromatic N) is 2. The van der Waals surface area contributed by atoms with Crippen LogP contribution in [0.3, 0.4) is 0 Å². The van der Waals surface area contributed by atoms with Crippen LogP contribution in [0.1, 0.15) is 10.4 Å². The predicted octanol–water partition coefficient (Wildman–Crippen LogP) is 0.654. The summed E-state index contributed by atoms with van der Waals surface area (Å²) in [6, 6.07) is 4.99. The standard InChI is InChI=1S/C14H23N5O2/c1-18(2)13(20)10-5-6-12(11(15)9-10)16-7-8-17-14(21)19(3)4/h5-6,9,16H,7-8,15H2,1-4H3,(H,17,21). The van der Waals surface area contributed by atoms with Crippen LogP contribution >= 0.6 is 0 Å². The third-order valence-corrected chi connectivity index (χ3v) is 2.83. The summed E-state index contributed by atoms with van der Waals surface area (Å²) < 4.78 is 0. The highest BCUT2D eigenvalue weighted by Crippen LogP contribution is 2.20. The van der Waals surface area contributed by atoms with Gasteiger partial charge in [0.25, 0.3) is 5.91 Å². The lowest BCUT2D eigenvalue weighted by molar-refractivity contribution is 0.0827. The Kier molecular flexibility index (Phi) is 5.83. The number of rotatable bonds is 5. The molecular formula is C14H23N5O2. The van der Waals surface area contributed by atoms with E-state index in [1.165, 1.54) is 9.80 Å². The molecule has 0 aliphatic carbocycles. The van der Waals surface area contributed by atoms with Crippen molar-refractivity contribution in [3.63, 3.8) is 0 Å². The number of anilines is 2. The Labute approximate surface area is 125 Å². The van der Waals surface area contributed by atoms with E-state index in [0.29, 0.717) is 24.3 Å². The van der Waals surface area contributed by atoms with E-state index in [9.17, 15) is 9.59 Å². The van der Waals surface area contributed by atoms with Crippen LogP contribution in [-0.2, 0) is 0 Å². The fourth-order valence-corrected chi connectivity index (χ4v) is 1.64. The lowest BCUT2D eigenvalue weighted by Crippen LogP contribution is -2.37. The van der Waals surface area contributed by atoms with Crippen LogP contribution in [0.4, 0.5) is 16.2 Å². The van der Waals surface area contributed by atoms with Crippen molar-refractivity contribution in [2.45, 2.75) is 0 Å². The SMILES string of the molecule is CN(C)C(=O)NCCNc1ccc(C(=O)N(C)C)cc1N. The maximum absolute atomic E-state index is 11.8. The molecule has 0 unspecified atom stereocenters. The Balaban J connectivity index is 2.54. The average Bonchev–Trinajstić information content (AvgIpc) is 2.43. The topological polar surface area (TPSA) is 90.7 Å². The number of carbonyl (C=O) groups is 2. The molecule has 0 fully saturated rings. The zero-order chi connectivity index (χ0) is 16.0. The van der Waals surface area contributed by atoms with Crippen molar-refractivity contribution in [1.29, 1.82) is 0 Å². The Bertz CT molecular complexity index is 514. The molecule has 1 aromatic rings. The average molecular weight is 293 g/mol.